The molecule has 6 nitrogen and oxygen atoms in total. The van der Waals surface area contributed by atoms with Gasteiger partial charge in [-0.05, 0) is 19.9 Å². The Morgan fingerprint density at radius 2 is 1.95 bits per heavy atom. The Kier molecular flexibility index (Phi) is 4.14. The highest BCUT2D eigenvalue weighted by Crippen LogP contribution is 2.41. The third-order valence-electron chi connectivity index (χ3n) is 4.28. The zero-order chi connectivity index (χ0) is 16.7. The molecule has 120 valence electrons. The molecule has 1 heterocycles. The second kappa shape index (κ2) is 5.48. The molecule has 1 aliphatic heterocycles. The SMILES string of the molecule is CC1=[N+](CCCS(=O)(=O)O)c2cccc(C(=O)O)c2C1(C)C. The Hall–Kier alpha value is -1.73. The molecule has 1 aromatic rings. The van der Waals surface area contributed by atoms with Gasteiger partial charge in [-0.2, -0.15) is 13.0 Å². The topological polar surface area (TPSA) is 94.7 Å². The van der Waals surface area contributed by atoms with Crippen molar-refractivity contribution in [2.45, 2.75) is 32.6 Å². The van der Waals surface area contributed by atoms with Gasteiger partial charge < -0.3 is 5.11 Å². The smallest absolute Gasteiger partial charge is 0.336 e. The minimum absolute atomic E-state index is 0.263. The normalized spacial score (nSPS) is 16.7. The maximum Gasteiger partial charge on any atom is 0.336 e. The number of rotatable bonds is 5. The Labute approximate surface area is 129 Å². The van der Waals surface area contributed by atoms with Crippen LogP contribution in [0.4, 0.5) is 5.69 Å². The molecule has 0 amide bonds. The lowest BCUT2D eigenvalue weighted by Crippen LogP contribution is -2.28. The molecule has 0 saturated heterocycles. The highest BCUT2D eigenvalue weighted by Gasteiger charge is 2.45. The van der Waals surface area contributed by atoms with E-state index in [1.807, 2.05) is 31.4 Å². The maximum atomic E-state index is 11.5. The van der Waals surface area contributed by atoms with Gasteiger partial charge in [-0.3, -0.25) is 4.55 Å². The van der Waals surface area contributed by atoms with Crippen LogP contribution in [0.3, 0.4) is 0 Å². The number of aromatic carboxylic acids is 1. The van der Waals surface area contributed by atoms with E-state index in [-0.39, 0.29) is 17.7 Å². The number of carboxylic acid groups (broad SMARTS) is 1. The van der Waals surface area contributed by atoms with Crippen LogP contribution in [0.1, 0.15) is 43.1 Å². The number of hydrogen-bond acceptors (Lipinski definition) is 3. The quantitative estimate of drug-likeness (QED) is 0.638. The summed E-state index contributed by atoms with van der Waals surface area (Å²) in [4.78, 5) is 11.5. The average Bonchev–Trinajstić information content (AvgIpc) is 2.58. The van der Waals surface area contributed by atoms with Crippen molar-refractivity contribution in [1.29, 1.82) is 0 Å². The summed E-state index contributed by atoms with van der Waals surface area (Å²) in [7, 11) is -3.99. The number of hydrogen-bond donors (Lipinski definition) is 2. The molecule has 1 aliphatic rings. The molecular weight excluding hydrogens is 306 g/mol. The van der Waals surface area contributed by atoms with E-state index in [2.05, 4.69) is 0 Å². The van der Waals surface area contributed by atoms with Crippen molar-refractivity contribution in [3.8, 4) is 0 Å². The van der Waals surface area contributed by atoms with Gasteiger partial charge in [-0.25, -0.2) is 4.79 Å². The van der Waals surface area contributed by atoms with Gasteiger partial charge in [0.15, 0.2) is 5.71 Å². The molecule has 0 spiro atoms. The van der Waals surface area contributed by atoms with Crippen molar-refractivity contribution in [2.75, 3.05) is 12.3 Å². The molecule has 0 unspecified atom stereocenters. The molecule has 0 saturated carbocycles. The van der Waals surface area contributed by atoms with E-state index in [9.17, 15) is 18.3 Å². The molecule has 7 heteroatoms. The van der Waals surface area contributed by atoms with Crippen LogP contribution in [0.15, 0.2) is 18.2 Å². The maximum absolute atomic E-state index is 11.5. The number of carbonyl (C=O) groups is 1. The molecular formula is C15H20NO5S+. The van der Waals surface area contributed by atoms with E-state index in [1.165, 1.54) is 0 Å². The van der Waals surface area contributed by atoms with E-state index < -0.39 is 21.5 Å². The lowest BCUT2D eigenvalue weighted by molar-refractivity contribution is -0.438. The zero-order valence-electron chi connectivity index (χ0n) is 12.8. The minimum Gasteiger partial charge on any atom is -0.478 e. The molecule has 22 heavy (non-hydrogen) atoms. The van der Waals surface area contributed by atoms with Crippen molar-refractivity contribution in [3.63, 3.8) is 0 Å². The van der Waals surface area contributed by atoms with E-state index in [0.29, 0.717) is 6.54 Å². The van der Waals surface area contributed by atoms with Gasteiger partial charge in [0, 0.05) is 19.4 Å². The van der Waals surface area contributed by atoms with Crippen LogP contribution in [0.25, 0.3) is 0 Å². The Bertz CT molecular complexity index is 762. The van der Waals surface area contributed by atoms with Gasteiger partial charge in [0.2, 0.25) is 5.69 Å². The Morgan fingerprint density at radius 3 is 2.50 bits per heavy atom. The lowest BCUT2D eigenvalue weighted by Gasteiger charge is -2.16. The molecule has 0 atom stereocenters. The Morgan fingerprint density at radius 1 is 1.32 bits per heavy atom. The van der Waals surface area contributed by atoms with E-state index in [4.69, 9.17) is 4.55 Å². The average molecular weight is 326 g/mol. The highest BCUT2D eigenvalue weighted by atomic mass is 32.2. The largest absolute Gasteiger partial charge is 0.478 e. The van der Waals surface area contributed by atoms with Gasteiger partial charge in [-0.15, -0.1) is 0 Å². The van der Waals surface area contributed by atoms with Crippen molar-refractivity contribution >= 4 is 27.5 Å². The van der Waals surface area contributed by atoms with Crippen LogP contribution >= 0.6 is 0 Å². The molecule has 0 radical (unpaired) electrons. The summed E-state index contributed by atoms with van der Waals surface area (Å²) in [6, 6.07) is 5.11. The number of fused-ring (bicyclic) bond motifs is 1. The van der Waals surface area contributed by atoms with E-state index >= 15 is 0 Å². The minimum atomic E-state index is -3.99. The summed E-state index contributed by atoms with van der Waals surface area (Å²) in [6.07, 6.45) is 0.267. The van der Waals surface area contributed by atoms with Crippen LogP contribution in [0, 0.1) is 0 Å². The second-order valence-electron chi connectivity index (χ2n) is 6.01. The first kappa shape index (κ1) is 16.6. The van der Waals surface area contributed by atoms with Crippen LogP contribution in [0.5, 0.6) is 0 Å². The zero-order valence-corrected chi connectivity index (χ0v) is 13.6. The third kappa shape index (κ3) is 2.91. The molecule has 0 fully saturated rings. The van der Waals surface area contributed by atoms with E-state index in [1.54, 1.807) is 12.1 Å². The fraction of sp³-hybridized carbons (Fsp3) is 0.467. The first-order valence-corrected chi connectivity index (χ1v) is 8.60. The van der Waals surface area contributed by atoms with E-state index in [0.717, 1.165) is 17.0 Å². The molecule has 0 aliphatic carbocycles. The number of nitrogens with zero attached hydrogens (tertiary/aromatic N) is 1. The Balaban J connectivity index is 2.44. The van der Waals surface area contributed by atoms with Crippen LogP contribution in [-0.2, 0) is 15.5 Å². The highest BCUT2D eigenvalue weighted by molar-refractivity contribution is 7.85. The summed E-state index contributed by atoms with van der Waals surface area (Å²) >= 11 is 0. The second-order valence-corrected chi connectivity index (χ2v) is 7.58. The first-order chi connectivity index (χ1) is 10.1. The van der Waals surface area contributed by atoms with Gasteiger partial charge in [0.05, 0.1) is 22.3 Å². The number of carboxylic acids is 1. The van der Waals surface area contributed by atoms with Crippen molar-refractivity contribution in [2.24, 2.45) is 0 Å². The summed E-state index contributed by atoms with van der Waals surface area (Å²) in [5, 5.41) is 9.40. The molecule has 2 rings (SSSR count). The molecule has 1 aromatic carbocycles. The van der Waals surface area contributed by atoms with Gasteiger partial charge >= 0.3 is 5.97 Å². The van der Waals surface area contributed by atoms with Crippen molar-refractivity contribution in [3.05, 3.63) is 29.3 Å². The number of benzene rings is 1. The van der Waals surface area contributed by atoms with Gasteiger partial charge in [0.25, 0.3) is 10.1 Å². The summed E-state index contributed by atoms with van der Waals surface area (Å²) in [5.41, 5.74) is 2.32. The fourth-order valence-corrected chi connectivity index (χ4v) is 3.49. The van der Waals surface area contributed by atoms with Crippen molar-refractivity contribution in [1.82, 2.24) is 0 Å². The lowest BCUT2D eigenvalue weighted by atomic mass is 9.79. The van der Waals surface area contributed by atoms with Crippen LogP contribution in [0.2, 0.25) is 0 Å². The standard InChI is InChI=1S/C15H19NO5S/c1-10-15(2,3)13-11(14(17)18)6-4-7-12(13)16(10)8-5-9-22(19,20)21/h4,6-7H,5,8-9H2,1-3H3,(H-,17,18,19,20,21)/p+1. The van der Waals surface area contributed by atoms with Gasteiger partial charge in [0.1, 0.15) is 6.54 Å². The fourth-order valence-electron chi connectivity index (χ4n) is 2.99. The monoisotopic (exact) mass is 326 g/mol. The summed E-state index contributed by atoms with van der Waals surface area (Å²) in [5.74, 6) is -1.29. The summed E-state index contributed by atoms with van der Waals surface area (Å²) in [6.45, 7) is 6.23. The molecule has 2 N–H and O–H groups in total. The van der Waals surface area contributed by atoms with Gasteiger partial charge in [-0.1, -0.05) is 6.07 Å². The van der Waals surface area contributed by atoms with Crippen LogP contribution in [-0.4, -0.2) is 46.6 Å². The predicted molar refractivity (Wildman–Crippen MR) is 82.9 cm³/mol. The summed E-state index contributed by atoms with van der Waals surface area (Å²) < 4.78 is 32.5. The molecule has 0 aromatic heterocycles. The first-order valence-electron chi connectivity index (χ1n) is 6.99. The van der Waals surface area contributed by atoms with Crippen molar-refractivity contribution < 1.29 is 27.4 Å². The predicted octanol–water partition coefficient (Wildman–Crippen LogP) is 2.06. The third-order valence-corrected chi connectivity index (χ3v) is 5.09. The molecule has 0 bridgehead atoms. The van der Waals surface area contributed by atoms with Crippen LogP contribution < -0.4 is 0 Å².